The van der Waals surface area contributed by atoms with E-state index in [1.54, 1.807) is 24.1 Å². The summed E-state index contributed by atoms with van der Waals surface area (Å²) in [6, 6.07) is 14.4. The SMILES string of the molecule is CN(C(=O)[C@@H]1Cc2cc(S(=O)(=O)N(C)C)ccc2O1)[C@H](CN1CC[C@H](O)C1)c1ccccc1. The van der Waals surface area contributed by atoms with Crippen LogP contribution in [0.3, 0.4) is 0 Å². The molecule has 1 fully saturated rings. The second-order valence-electron chi connectivity index (χ2n) is 8.95. The van der Waals surface area contributed by atoms with Crippen molar-refractivity contribution in [2.75, 3.05) is 40.8 Å². The van der Waals surface area contributed by atoms with Crippen LogP contribution in [0, 0.1) is 0 Å². The van der Waals surface area contributed by atoms with Crippen LogP contribution in [0.5, 0.6) is 5.75 Å². The number of β-amino-alcohol motifs (C(OH)–C–C–N with tert-alkyl or cyclic N) is 1. The molecule has 2 aliphatic heterocycles. The maximum atomic E-state index is 13.5. The van der Waals surface area contributed by atoms with Crippen LogP contribution in [0.4, 0.5) is 0 Å². The van der Waals surface area contributed by atoms with Gasteiger partial charge in [0.05, 0.1) is 17.0 Å². The van der Waals surface area contributed by atoms with Crippen LogP contribution in [-0.4, -0.2) is 86.5 Å². The van der Waals surface area contributed by atoms with Gasteiger partial charge in [-0.15, -0.1) is 0 Å². The zero-order valence-corrected chi connectivity index (χ0v) is 20.0. The number of rotatable bonds is 7. The highest BCUT2D eigenvalue weighted by molar-refractivity contribution is 7.89. The lowest BCUT2D eigenvalue weighted by Gasteiger charge is -2.33. The average molecular weight is 474 g/mol. The third-order valence-electron chi connectivity index (χ3n) is 6.44. The lowest BCUT2D eigenvalue weighted by atomic mass is 10.0. The lowest BCUT2D eigenvalue weighted by Crippen LogP contribution is -2.44. The Morgan fingerprint density at radius 1 is 1.18 bits per heavy atom. The topological polar surface area (TPSA) is 90.4 Å². The first-order chi connectivity index (χ1) is 15.7. The first-order valence-electron chi connectivity index (χ1n) is 11.1. The van der Waals surface area contributed by atoms with Gasteiger partial charge in [-0.25, -0.2) is 12.7 Å². The number of aliphatic hydroxyl groups is 1. The monoisotopic (exact) mass is 473 g/mol. The Bertz CT molecular complexity index is 1110. The van der Waals surface area contributed by atoms with E-state index >= 15 is 0 Å². The molecule has 2 aliphatic rings. The van der Waals surface area contributed by atoms with Gasteiger partial charge in [-0.3, -0.25) is 9.69 Å². The number of carbonyl (C=O) groups is 1. The van der Waals surface area contributed by atoms with Gasteiger partial charge in [-0.05, 0) is 35.7 Å². The third-order valence-corrected chi connectivity index (χ3v) is 8.25. The largest absolute Gasteiger partial charge is 0.480 e. The fraction of sp³-hybridized carbons (Fsp3) is 0.458. The normalized spacial score (nSPS) is 21.6. The molecule has 0 unspecified atom stereocenters. The van der Waals surface area contributed by atoms with Crippen molar-refractivity contribution < 1.29 is 23.1 Å². The second kappa shape index (κ2) is 9.42. The Labute approximate surface area is 195 Å². The summed E-state index contributed by atoms with van der Waals surface area (Å²) in [5, 5.41) is 9.93. The zero-order chi connectivity index (χ0) is 23.8. The molecule has 4 rings (SSSR count). The van der Waals surface area contributed by atoms with Crippen LogP contribution in [0.2, 0.25) is 0 Å². The summed E-state index contributed by atoms with van der Waals surface area (Å²) >= 11 is 0. The molecular formula is C24H31N3O5S. The molecule has 0 aromatic heterocycles. The first-order valence-corrected chi connectivity index (χ1v) is 12.5. The van der Waals surface area contributed by atoms with Crippen LogP contribution >= 0.6 is 0 Å². The summed E-state index contributed by atoms with van der Waals surface area (Å²) in [5.74, 6) is 0.384. The van der Waals surface area contributed by atoms with E-state index in [0.717, 1.165) is 18.5 Å². The van der Waals surface area contributed by atoms with Crippen molar-refractivity contribution >= 4 is 15.9 Å². The number of ether oxygens (including phenoxy) is 1. The van der Waals surface area contributed by atoms with E-state index in [-0.39, 0.29) is 22.9 Å². The molecule has 0 bridgehead atoms. The van der Waals surface area contributed by atoms with E-state index < -0.39 is 16.1 Å². The fourth-order valence-electron chi connectivity index (χ4n) is 4.46. The molecule has 9 heteroatoms. The number of sulfonamides is 1. The molecule has 0 spiro atoms. The van der Waals surface area contributed by atoms with Gasteiger partial charge in [-0.2, -0.15) is 0 Å². The van der Waals surface area contributed by atoms with Gasteiger partial charge in [-0.1, -0.05) is 30.3 Å². The molecule has 2 aromatic rings. The van der Waals surface area contributed by atoms with E-state index in [0.29, 0.717) is 30.8 Å². The number of likely N-dealkylation sites (tertiary alicyclic amines) is 1. The van der Waals surface area contributed by atoms with Crippen LogP contribution in [-0.2, 0) is 21.2 Å². The van der Waals surface area contributed by atoms with Crippen molar-refractivity contribution in [1.82, 2.24) is 14.1 Å². The number of nitrogens with zero attached hydrogens (tertiary/aromatic N) is 3. The maximum Gasteiger partial charge on any atom is 0.264 e. The maximum absolute atomic E-state index is 13.5. The number of fused-ring (bicyclic) bond motifs is 1. The average Bonchev–Trinajstić information content (AvgIpc) is 3.42. The first kappa shape index (κ1) is 23.7. The predicted octanol–water partition coefficient (Wildman–Crippen LogP) is 1.51. The highest BCUT2D eigenvalue weighted by Crippen LogP contribution is 2.33. The minimum absolute atomic E-state index is 0.156. The Balaban J connectivity index is 1.52. The van der Waals surface area contributed by atoms with Crippen LogP contribution in [0.15, 0.2) is 53.4 Å². The predicted molar refractivity (Wildman–Crippen MR) is 124 cm³/mol. The molecule has 1 amide bonds. The quantitative estimate of drug-likeness (QED) is 0.656. The minimum Gasteiger partial charge on any atom is -0.480 e. The summed E-state index contributed by atoms with van der Waals surface area (Å²) < 4.78 is 32.1. The summed E-state index contributed by atoms with van der Waals surface area (Å²) in [5.41, 5.74) is 1.73. The molecule has 33 heavy (non-hydrogen) atoms. The van der Waals surface area contributed by atoms with Crippen LogP contribution in [0.25, 0.3) is 0 Å². The summed E-state index contributed by atoms with van der Waals surface area (Å²) in [6.45, 7) is 2.01. The van der Waals surface area contributed by atoms with E-state index in [1.807, 2.05) is 30.3 Å². The molecule has 2 heterocycles. The molecule has 0 aliphatic carbocycles. The van der Waals surface area contributed by atoms with Crippen LogP contribution in [0.1, 0.15) is 23.6 Å². The highest BCUT2D eigenvalue weighted by Gasteiger charge is 2.36. The number of hydrogen-bond donors (Lipinski definition) is 1. The van der Waals surface area contributed by atoms with Gasteiger partial charge >= 0.3 is 0 Å². The summed E-state index contributed by atoms with van der Waals surface area (Å²) in [7, 11) is 1.19. The van der Waals surface area contributed by atoms with Crippen molar-refractivity contribution in [3.63, 3.8) is 0 Å². The number of aliphatic hydroxyl groups excluding tert-OH is 1. The molecular weight excluding hydrogens is 442 g/mol. The van der Waals surface area contributed by atoms with E-state index in [1.165, 1.54) is 24.5 Å². The van der Waals surface area contributed by atoms with Crippen molar-refractivity contribution in [2.45, 2.75) is 36.0 Å². The van der Waals surface area contributed by atoms with Gasteiger partial charge in [0.2, 0.25) is 10.0 Å². The number of benzene rings is 2. The van der Waals surface area contributed by atoms with Gasteiger partial charge in [0.15, 0.2) is 6.10 Å². The fourth-order valence-corrected chi connectivity index (χ4v) is 5.42. The molecule has 0 radical (unpaired) electrons. The smallest absolute Gasteiger partial charge is 0.264 e. The second-order valence-corrected chi connectivity index (χ2v) is 11.1. The van der Waals surface area contributed by atoms with Crippen molar-refractivity contribution in [3.8, 4) is 5.75 Å². The van der Waals surface area contributed by atoms with E-state index in [4.69, 9.17) is 4.74 Å². The number of likely N-dealkylation sites (N-methyl/N-ethyl adjacent to an activating group) is 1. The van der Waals surface area contributed by atoms with Crippen molar-refractivity contribution in [1.29, 1.82) is 0 Å². The third kappa shape index (κ3) is 4.91. The van der Waals surface area contributed by atoms with Gasteiger partial charge in [0.25, 0.3) is 5.91 Å². The standard InChI is InChI=1S/C24H31N3O5S/c1-25(2)33(30,31)20-9-10-22-18(13-20)14-23(32-22)24(29)26(3)21(17-7-5-4-6-8-17)16-27-12-11-19(28)15-27/h4-10,13,19,21,23,28H,11-12,14-16H2,1-3H3/t19-,21+,23-/m0/s1. The number of amides is 1. The van der Waals surface area contributed by atoms with Gasteiger partial charge in [0.1, 0.15) is 5.75 Å². The highest BCUT2D eigenvalue weighted by atomic mass is 32.2. The Hall–Kier alpha value is -2.46. The Kier molecular flexibility index (Phi) is 6.76. The van der Waals surface area contributed by atoms with Crippen LogP contribution < -0.4 is 4.74 Å². The Morgan fingerprint density at radius 2 is 1.91 bits per heavy atom. The molecule has 1 saturated heterocycles. The molecule has 0 saturated carbocycles. The summed E-state index contributed by atoms with van der Waals surface area (Å²) in [6.07, 6.45) is 0.0119. The number of carbonyl (C=O) groups excluding carboxylic acids is 1. The van der Waals surface area contributed by atoms with Crippen molar-refractivity contribution in [2.24, 2.45) is 0 Å². The molecule has 8 nitrogen and oxygen atoms in total. The molecule has 1 N–H and O–H groups in total. The molecule has 178 valence electrons. The molecule has 3 atom stereocenters. The van der Waals surface area contributed by atoms with E-state index in [2.05, 4.69) is 4.90 Å². The molecule has 2 aromatic carbocycles. The number of hydrogen-bond acceptors (Lipinski definition) is 6. The lowest BCUT2D eigenvalue weighted by molar-refractivity contribution is -0.139. The van der Waals surface area contributed by atoms with E-state index in [9.17, 15) is 18.3 Å². The zero-order valence-electron chi connectivity index (χ0n) is 19.2. The van der Waals surface area contributed by atoms with Gasteiger partial charge < -0.3 is 14.7 Å². The van der Waals surface area contributed by atoms with Gasteiger partial charge in [0, 0.05) is 47.2 Å². The Morgan fingerprint density at radius 3 is 2.55 bits per heavy atom. The van der Waals surface area contributed by atoms with Crippen molar-refractivity contribution in [3.05, 3.63) is 59.7 Å². The minimum atomic E-state index is -3.56. The summed E-state index contributed by atoms with van der Waals surface area (Å²) in [4.78, 5) is 17.5.